The SMILES string of the molecule is CC(O)(c1ccc2c(c1)c1cc(Br)ccc1c1nc(-c3c(C#N)cccc3C#N)[nH]c21)c1ccccn1. The van der Waals surface area contributed by atoms with Gasteiger partial charge in [-0.05, 0) is 65.7 Å². The van der Waals surface area contributed by atoms with Crippen LogP contribution in [0.3, 0.4) is 0 Å². The van der Waals surface area contributed by atoms with E-state index in [2.05, 4.69) is 38.0 Å². The summed E-state index contributed by atoms with van der Waals surface area (Å²) in [4.78, 5) is 12.7. The molecule has 4 aromatic carbocycles. The molecule has 0 fully saturated rings. The average molecular weight is 544 g/mol. The lowest BCUT2D eigenvalue weighted by atomic mass is 9.89. The Hall–Kier alpha value is -4.56. The van der Waals surface area contributed by atoms with E-state index < -0.39 is 5.60 Å². The van der Waals surface area contributed by atoms with E-state index in [1.165, 1.54) is 0 Å². The van der Waals surface area contributed by atoms with E-state index in [1.54, 1.807) is 31.3 Å². The number of rotatable bonds is 3. The number of nitriles is 2. The van der Waals surface area contributed by atoms with Gasteiger partial charge in [-0.1, -0.05) is 46.3 Å². The van der Waals surface area contributed by atoms with Crippen LogP contribution in [0.1, 0.15) is 29.3 Å². The van der Waals surface area contributed by atoms with E-state index in [9.17, 15) is 15.6 Å². The lowest BCUT2D eigenvalue weighted by molar-refractivity contribution is 0.0975. The topological polar surface area (TPSA) is 109 Å². The number of aromatic nitrogens is 3. The molecular weight excluding hydrogens is 526 g/mol. The third-order valence-corrected chi connectivity index (χ3v) is 7.28. The molecule has 1 unspecified atom stereocenters. The monoisotopic (exact) mass is 543 g/mol. The molecule has 6 rings (SSSR count). The van der Waals surface area contributed by atoms with E-state index >= 15 is 0 Å². The van der Waals surface area contributed by atoms with Crippen LogP contribution in [0.15, 0.2) is 83.5 Å². The highest BCUT2D eigenvalue weighted by Gasteiger charge is 2.28. The smallest absolute Gasteiger partial charge is 0.141 e. The second-order valence-corrected chi connectivity index (χ2v) is 9.91. The summed E-state index contributed by atoms with van der Waals surface area (Å²) in [6.07, 6.45) is 1.67. The maximum absolute atomic E-state index is 11.5. The van der Waals surface area contributed by atoms with Crippen molar-refractivity contribution < 1.29 is 5.11 Å². The van der Waals surface area contributed by atoms with Crippen LogP contribution in [0.5, 0.6) is 0 Å². The number of aromatic amines is 1. The Morgan fingerprint density at radius 3 is 2.30 bits per heavy atom. The fourth-order valence-corrected chi connectivity index (χ4v) is 5.27. The summed E-state index contributed by atoms with van der Waals surface area (Å²) >= 11 is 3.60. The molecular formula is C30H18BrN5O. The summed E-state index contributed by atoms with van der Waals surface area (Å²) in [6.45, 7) is 1.74. The standard InChI is InChI=1S/C30H18BrN5O/c1-30(37,25-7-2-3-12-34-25)19-8-10-21-23(13-19)24-14-20(31)9-11-22(24)28-27(21)35-29(36-28)26-17(15-32)5-4-6-18(26)16-33/h2-14,37H,1H3,(H,35,36). The quantitative estimate of drug-likeness (QED) is 0.241. The van der Waals surface area contributed by atoms with Gasteiger partial charge < -0.3 is 10.1 Å². The maximum atomic E-state index is 11.5. The van der Waals surface area contributed by atoms with Crippen molar-refractivity contribution in [3.8, 4) is 23.5 Å². The van der Waals surface area contributed by atoms with Crippen molar-refractivity contribution in [3.63, 3.8) is 0 Å². The highest BCUT2D eigenvalue weighted by molar-refractivity contribution is 9.10. The van der Waals surface area contributed by atoms with Crippen LogP contribution in [0.25, 0.3) is 44.0 Å². The number of nitrogens with one attached hydrogen (secondary N) is 1. The van der Waals surface area contributed by atoms with E-state index in [0.29, 0.717) is 33.8 Å². The maximum Gasteiger partial charge on any atom is 0.141 e. The van der Waals surface area contributed by atoms with Gasteiger partial charge in [0.05, 0.1) is 45.6 Å². The van der Waals surface area contributed by atoms with Gasteiger partial charge in [0.2, 0.25) is 0 Å². The molecule has 2 N–H and O–H groups in total. The molecule has 1 atom stereocenters. The largest absolute Gasteiger partial charge is 0.379 e. The number of fused-ring (bicyclic) bond motifs is 6. The number of benzene rings is 4. The number of H-pyrrole nitrogens is 1. The molecule has 176 valence electrons. The van der Waals surface area contributed by atoms with Crippen LogP contribution in [0.4, 0.5) is 0 Å². The predicted octanol–water partition coefficient (Wildman–Crippen LogP) is 6.69. The normalized spacial score (nSPS) is 12.9. The minimum Gasteiger partial charge on any atom is -0.379 e. The van der Waals surface area contributed by atoms with E-state index in [0.717, 1.165) is 37.1 Å². The van der Waals surface area contributed by atoms with Crippen LogP contribution in [0.2, 0.25) is 0 Å². The molecule has 6 aromatic rings. The van der Waals surface area contributed by atoms with Crippen LogP contribution >= 0.6 is 15.9 Å². The number of pyridine rings is 1. The Labute approximate surface area is 220 Å². The number of halogens is 1. The lowest BCUT2D eigenvalue weighted by Gasteiger charge is -2.24. The van der Waals surface area contributed by atoms with Gasteiger partial charge in [0.25, 0.3) is 0 Å². The fourth-order valence-electron chi connectivity index (χ4n) is 4.91. The zero-order valence-electron chi connectivity index (χ0n) is 19.6. The van der Waals surface area contributed by atoms with Crippen molar-refractivity contribution in [1.29, 1.82) is 10.5 Å². The van der Waals surface area contributed by atoms with Crippen LogP contribution in [-0.2, 0) is 5.60 Å². The highest BCUT2D eigenvalue weighted by atomic mass is 79.9. The number of aliphatic hydroxyl groups is 1. The predicted molar refractivity (Wildman–Crippen MR) is 147 cm³/mol. The summed E-state index contributed by atoms with van der Waals surface area (Å²) in [7, 11) is 0. The van der Waals surface area contributed by atoms with Crippen molar-refractivity contribution in [2.24, 2.45) is 0 Å². The molecule has 6 nitrogen and oxygen atoms in total. The van der Waals surface area contributed by atoms with Crippen LogP contribution in [0, 0.1) is 22.7 Å². The van der Waals surface area contributed by atoms with Crippen LogP contribution in [-0.4, -0.2) is 20.1 Å². The van der Waals surface area contributed by atoms with Gasteiger partial charge in [-0.2, -0.15) is 10.5 Å². The summed E-state index contributed by atoms with van der Waals surface area (Å²) in [5.41, 5.74) is 2.74. The minimum atomic E-state index is -1.30. The molecule has 0 spiro atoms. The highest BCUT2D eigenvalue weighted by Crippen LogP contribution is 2.39. The molecule has 37 heavy (non-hydrogen) atoms. The van der Waals surface area contributed by atoms with Gasteiger partial charge in [-0.25, -0.2) is 4.98 Å². The Morgan fingerprint density at radius 1 is 0.865 bits per heavy atom. The fraction of sp³-hybridized carbons (Fsp3) is 0.0667. The Balaban J connectivity index is 1.69. The first-order chi connectivity index (χ1) is 17.9. The molecule has 0 saturated carbocycles. The van der Waals surface area contributed by atoms with Gasteiger partial charge in [0.1, 0.15) is 11.4 Å². The van der Waals surface area contributed by atoms with Crippen molar-refractivity contribution in [1.82, 2.24) is 15.0 Å². The van der Waals surface area contributed by atoms with Gasteiger partial charge >= 0.3 is 0 Å². The number of hydrogen-bond donors (Lipinski definition) is 2. The summed E-state index contributed by atoms with van der Waals surface area (Å²) in [5.74, 6) is 0.463. The van der Waals surface area contributed by atoms with Gasteiger partial charge in [-0.3, -0.25) is 4.98 Å². The lowest BCUT2D eigenvalue weighted by Crippen LogP contribution is -2.24. The van der Waals surface area contributed by atoms with Gasteiger partial charge in [0, 0.05) is 21.4 Å². The summed E-state index contributed by atoms with van der Waals surface area (Å²) < 4.78 is 0.917. The van der Waals surface area contributed by atoms with Gasteiger partial charge in [-0.15, -0.1) is 0 Å². The van der Waals surface area contributed by atoms with Crippen LogP contribution < -0.4 is 0 Å². The van der Waals surface area contributed by atoms with Crippen molar-refractivity contribution >= 4 is 48.5 Å². The second-order valence-electron chi connectivity index (χ2n) is 9.00. The van der Waals surface area contributed by atoms with Gasteiger partial charge in [0.15, 0.2) is 0 Å². The number of hydrogen-bond acceptors (Lipinski definition) is 5. The molecule has 2 aromatic heterocycles. The van der Waals surface area contributed by atoms with Crippen molar-refractivity contribution in [2.75, 3.05) is 0 Å². The molecule has 0 amide bonds. The van der Waals surface area contributed by atoms with E-state index in [1.807, 2.05) is 54.6 Å². The summed E-state index contributed by atoms with van der Waals surface area (Å²) in [5, 5.41) is 34.6. The Morgan fingerprint density at radius 2 is 1.59 bits per heavy atom. The third-order valence-electron chi connectivity index (χ3n) is 6.79. The molecule has 0 aliphatic heterocycles. The first-order valence-corrected chi connectivity index (χ1v) is 12.3. The number of nitrogens with zero attached hydrogens (tertiary/aromatic N) is 4. The molecule has 2 heterocycles. The number of imidazole rings is 1. The Kier molecular flexibility index (Phi) is 5.27. The molecule has 0 radical (unpaired) electrons. The molecule has 7 heteroatoms. The first kappa shape index (κ1) is 22.9. The average Bonchev–Trinajstić information content (AvgIpc) is 3.38. The second kappa shape index (κ2) is 8.53. The summed E-state index contributed by atoms with van der Waals surface area (Å²) in [6, 6.07) is 26.8. The van der Waals surface area contributed by atoms with Crippen molar-refractivity contribution in [2.45, 2.75) is 12.5 Å². The van der Waals surface area contributed by atoms with Crippen molar-refractivity contribution in [3.05, 3.63) is 106 Å². The molecule has 0 bridgehead atoms. The van der Waals surface area contributed by atoms with E-state index in [-0.39, 0.29) is 0 Å². The molecule has 0 saturated heterocycles. The van der Waals surface area contributed by atoms with E-state index in [4.69, 9.17) is 4.98 Å². The zero-order valence-corrected chi connectivity index (χ0v) is 21.2. The third kappa shape index (κ3) is 3.56. The Bertz CT molecular complexity index is 1910. The molecule has 0 aliphatic rings. The minimum absolute atomic E-state index is 0.378. The molecule has 0 aliphatic carbocycles. The first-order valence-electron chi connectivity index (χ1n) is 11.5. The zero-order chi connectivity index (χ0) is 25.7.